The van der Waals surface area contributed by atoms with Crippen molar-refractivity contribution in [1.29, 1.82) is 0 Å². The predicted octanol–water partition coefficient (Wildman–Crippen LogP) is 2.99. The molecule has 3 heteroatoms. The smallest absolute Gasteiger partial charge is 0.0509 e. The van der Waals surface area contributed by atoms with Crippen LogP contribution in [0.25, 0.3) is 0 Å². The maximum atomic E-state index is 5.79. The highest BCUT2D eigenvalue weighted by Crippen LogP contribution is 2.29. The Kier molecular flexibility index (Phi) is 5.01. The number of benzene rings is 1. The molecule has 1 unspecified atom stereocenters. The summed E-state index contributed by atoms with van der Waals surface area (Å²) >= 11 is 3.44. The highest BCUT2D eigenvalue weighted by molar-refractivity contribution is 9.10. The van der Waals surface area contributed by atoms with Gasteiger partial charge in [0.2, 0.25) is 0 Å². The quantitative estimate of drug-likeness (QED) is 0.840. The van der Waals surface area contributed by atoms with Crippen LogP contribution in [0.15, 0.2) is 28.7 Å². The summed E-state index contributed by atoms with van der Waals surface area (Å²) in [5.41, 5.74) is 7.13. The van der Waals surface area contributed by atoms with Gasteiger partial charge in [-0.3, -0.25) is 0 Å². The van der Waals surface area contributed by atoms with E-state index < -0.39 is 0 Å². The van der Waals surface area contributed by atoms with Crippen LogP contribution >= 0.6 is 15.9 Å². The van der Waals surface area contributed by atoms with Gasteiger partial charge in [0.15, 0.2) is 0 Å². The molecule has 1 saturated carbocycles. The summed E-state index contributed by atoms with van der Waals surface area (Å²) in [5, 5.41) is 0. The molecule has 0 spiro atoms. The molecular weight excluding hydrogens is 278 g/mol. The Bertz CT molecular complexity index is 335. The van der Waals surface area contributed by atoms with E-state index in [1.165, 1.54) is 18.4 Å². The van der Waals surface area contributed by atoms with E-state index in [0.29, 0.717) is 12.5 Å². The summed E-state index contributed by atoms with van der Waals surface area (Å²) in [6.07, 6.45) is 3.70. The van der Waals surface area contributed by atoms with Crippen LogP contribution in [0.5, 0.6) is 0 Å². The number of hydrogen-bond acceptors (Lipinski definition) is 2. The van der Waals surface area contributed by atoms with Crippen molar-refractivity contribution < 1.29 is 4.74 Å². The van der Waals surface area contributed by atoms with Crippen LogP contribution in [0, 0.1) is 11.8 Å². The van der Waals surface area contributed by atoms with E-state index in [1.807, 2.05) is 0 Å². The van der Waals surface area contributed by atoms with E-state index in [0.717, 1.165) is 30.0 Å². The van der Waals surface area contributed by atoms with Gasteiger partial charge in [0, 0.05) is 11.1 Å². The molecule has 94 valence electrons. The van der Waals surface area contributed by atoms with Crippen LogP contribution in [0.1, 0.15) is 18.4 Å². The second kappa shape index (κ2) is 6.53. The van der Waals surface area contributed by atoms with E-state index in [-0.39, 0.29) is 0 Å². The molecule has 0 radical (unpaired) electrons. The Labute approximate surface area is 112 Å². The molecule has 0 bridgehead atoms. The molecule has 0 saturated heterocycles. The average molecular weight is 298 g/mol. The molecule has 0 aliphatic heterocycles. The Morgan fingerprint density at radius 3 is 2.59 bits per heavy atom. The fourth-order valence-electron chi connectivity index (χ4n) is 1.85. The number of halogens is 1. The summed E-state index contributed by atoms with van der Waals surface area (Å²) in [5.74, 6) is 1.27. The lowest BCUT2D eigenvalue weighted by atomic mass is 10.0. The molecule has 0 amide bonds. The Balaban J connectivity index is 1.74. The summed E-state index contributed by atoms with van der Waals surface area (Å²) < 4.78 is 6.84. The van der Waals surface area contributed by atoms with E-state index in [2.05, 4.69) is 40.2 Å². The lowest BCUT2D eigenvalue weighted by molar-refractivity contribution is 0.0934. The molecule has 1 aliphatic carbocycles. The van der Waals surface area contributed by atoms with Crippen LogP contribution in [-0.2, 0) is 11.2 Å². The second-order valence-electron chi connectivity index (χ2n) is 4.91. The van der Waals surface area contributed by atoms with Crippen LogP contribution in [0.3, 0.4) is 0 Å². The summed E-state index contributed by atoms with van der Waals surface area (Å²) in [6.45, 7) is 2.42. The van der Waals surface area contributed by atoms with Gasteiger partial charge >= 0.3 is 0 Å². The lowest BCUT2D eigenvalue weighted by Crippen LogP contribution is -2.22. The van der Waals surface area contributed by atoms with Gasteiger partial charge in [-0.2, -0.15) is 0 Å². The van der Waals surface area contributed by atoms with Crippen molar-refractivity contribution in [1.82, 2.24) is 0 Å². The predicted molar refractivity (Wildman–Crippen MR) is 73.9 cm³/mol. The molecule has 0 heterocycles. The van der Waals surface area contributed by atoms with Crippen molar-refractivity contribution in [3.8, 4) is 0 Å². The van der Waals surface area contributed by atoms with Crippen molar-refractivity contribution in [2.24, 2.45) is 17.6 Å². The Morgan fingerprint density at radius 2 is 2.00 bits per heavy atom. The molecule has 1 aromatic carbocycles. The molecule has 2 rings (SSSR count). The zero-order valence-corrected chi connectivity index (χ0v) is 11.7. The van der Waals surface area contributed by atoms with Gasteiger partial charge in [-0.15, -0.1) is 0 Å². The first-order valence-electron chi connectivity index (χ1n) is 6.30. The molecule has 1 fully saturated rings. The number of rotatable bonds is 7. The first-order valence-corrected chi connectivity index (χ1v) is 7.09. The monoisotopic (exact) mass is 297 g/mol. The van der Waals surface area contributed by atoms with Gasteiger partial charge in [0.25, 0.3) is 0 Å². The summed E-state index contributed by atoms with van der Waals surface area (Å²) in [7, 11) is 0. The van der Waals surface area contributed by atoms with Crippen molar-refractivity contribution in [2.75, 3.05) is 19.8 Å². The highest BCUT2D eigenvalue weighted by Gasteiger charge is 2.21. The minimum absolute atomic E-state index is 0.440. The Hall–Kier alpha value is -0.380. The molecule has 0 aromatic heterocycles. The van der Waals surface area contributed by atoms with E-state index in [9.17, 15) is 0 Å². The van der Waals surface area contributed by atoms with E-state index in [1.54, 1.807) is 0 Å². The molecule has 2 N–H and O–H groups in total. The number of nitrogens with two attached hydrogens (primary N) is 1. The first kappa shape index (κ1) is 13.1. The third-order valence-corrected chi connectivity index (χ3v) is 3.70. The molecule has 17 heavy (non-hydrogen) atoms. The van der Waals surface area contributed by atoms with E-state index in [4.69, 9.17) is 10.5 Å². The topological polar surface area (TPSA) is 35.2 Å². The molecule has 1 aliphatic rings. The van der Waals surface area contributed by atoms with Gasteiger partial charge < -0.3 is 10.5 Å². The van der Waals surface area contributed by atoms with Crippen LogP contribution in [0.2, 0.25) is 0 Å². The molecule has 1 atom stereocenters. The van der Waals surface area contributed by atoms with Gasteiger partial charge in [-0.05, 0) is 55.3 Å². The average Bonchev–Trinajstić information content (AvgIpc) is 3.14. The SMILES string of the molecule is NCC(COCC1CC1)Cc1ccc(Br)cc1. The zero-order valence-electron chi connectivity index (χ0n) is 10.1. The van der Waals surface area contributed by atoms with Crippen molar-refractivity contribution in [3.05, 3.63) is 34.3 Å². The standard InChI is InChI=1S/C14H20BrNO/c15-14-5-3-11(4-6-14)7-13(8-16)10-17-9-12-1-2-12/h3-6,12-13H,1-2,7-10,16H2. The van der Waals surface area contributed by atoms with Crippen molar-refractivity contribution in [3.63, 3.8) is 0 Å². The normalized spacial score (nSPS) is 17.1. The van der Waals surface area contributed by atoms with Crippen LogP contribution in [-0.4, -0.2) is 19.8 Å². The third kappa shape index (κ3) is 4.78. The summed E-state index contributed by atoms with van der Waals surface area (Å²) in [6, 6.07) is 8.45. The minimum atomic E-state index is 0.440. The minimum Gasteiger partial charge on any atom is -0.381 e. The van der Waals surface area contributed by atoms with Gasteiger partial charge in [0.1, 0.15) is 0 Å². The Morgan fingerprint density at radius 1 is 1.29 bits per heavy atom. The van der Waals surface area contributed by atoms with Crippen molar-refractivity contribution in [2.45, 2.75) is 19.3 Å². The fraction of sp³-hybridized carbons (Fsp3) is 0.571. The number of hydrogen-bond donors (Lipinski definition) is 1. The maximum absolute atomic E-state index is 5.79. The highest BCUT2D eigenvalue weighted by atomic mass is 79.9. The van der Waals surface area contributed by atoms with Crippen molar-refractivity contribution >= 4 is 15.9 Å². The number of ether oxygens (including phenoxy) is 1. The third-order valence-electron chi connectivity index (χ3n) is 3.17. The van der Waals surface area contributed by atoms with Crippen LogP contribution in [0.4, 0.5) is 0 Å². The van der Waals surface area contributed by atoms with E-state index >= 15 is 0 Å². The molecular formula is C14H20BrNO. The first-order chi connectivity index (χ1) is 8.28. The van der Waals surface area contributed by atoms with Gasteiger partial charge in [-0.1, -0.05) is 28.1 Å². The lowest BCUT2D eigenvalue weighted by Gasteiger charge is -2.15. The largest absolute Gasteiger partial charge is 0.381 e. The second-order valence-corrected chi connectivity index (χ2v) is 5.83. The van der Waals surface area contributed by atoms with Gasteiger partial charge in [-0.25, -0.2) is 0 Å². The molecule has 2 nitrogen and oxygen atoms in total. The zero-order chi connectivity index (χ0) is 12.1. The van der Waals surface area contributed by atoms with Gasteiger partial charge in [0.05, 0.1) is 6.61 Å². The summed E-state index contributed by atoms with van der Waals surface area (Å²) in [4.78, 5) is 0. The fourth-order valence-corrected chi connectivity index (χ4v) is 2.11. The molecule has 1 aromatic rings. The van der Waals surface area contributed by atoms with Crippen LogP contribution < -0.4 is 5.73 Å². The maximum Gasteiger partial charge on any atom is 0.0509 e.